The van der Waals surface area contributed by atoms with Crippen LogP contribution in [0.2, 0.25) is 0 Å². The number of anilines is 1. The second-order valence-electron chi connectivity index (χ2n) is 6.08. The van der Waals surface area contributed by atoms with E-state index in [1.54, 1.807) is 12.1 Å². The minimum Gasteiger partial charge on any atom is -0.457 e. The average Bonchev–Trinajstić information content (AvgIpc) is 2.67. The van der Waals surface area contributed by atoms with Crippen LogP contribution in [0.1, 0.15) is 15.9 Å². The van der Waals surface area contributed by atoms with E-state index in [9.17, 15) is 4.79 Å². The molecule has 3 heteroatoms. The van der Waals surface area contributed by atoms with Crippen LogP contribution in [0.4, 0.5) is 5.69 Å². The SMILES string of the molecule is CN(C)c1ccc(C(=O)OCc2ccc(-c3ccccc3)cc2)cc1. The molecule has 3 nitrogen and oxygen atoms in total. The van der Waals surface area contributed by atoms with Crippen molar-refractivity contribution in [2.75, 3.05) is 19.0 Å². The van der Waals surface area contributed by atoms with Crippen molar-refractivity contribution in [1.82, 2.24) is 0 Å². The van der Waals surface area contributed by atoms with E-state index in [1.165, 1.54) is 5.56 Å². The van der Waals surface area contributed by atoms with Crippen molar-refractivity contribution < 1.29 is 9.53 Å². The first-order valence-corrected chi connectivity index (χ1v) is 8.22. The van der Waals surface area contributed by atoms with Crippen LogP contribution in [-0.4, -0.2) is 20.1 Å². The summed E-state index contributed by atoms with van der Waals surface area (Å²) in [6.07, 6.45) is 0. The highest BCUT2D eigenvalue weighted by molar-refractivity contribution is 5.89. The summed E-state index contributed by atoms with van der Waals surface area (Å²) in [5.41, 5.74) is 4.90. The van der Waals surface area contributed by atoms with Crippen LogP contribution >= 0.6 is 0 Å². The number of benzene rings is 3. The first-order valence-electron chi connectivity index (χ1n) is 8.22. The van der Waals surface area contributed by atoms with Crippen molar-refractivity contribution in [3.8, 4) is 11.1 Å². The summed E-state index contributed by atoms with van der Waals surface area (Å²) < 4.78 is 5.41. The Morgan fingerprint density at radius 2 is 1.40 bits per heavy atom. The van der Waals surface area contributed by atoms with E-state index in [2.05, 4.69) is 12.1 Å². The van der Waals surface area contributed by atoms with Crippen LogP contribution < -0.4 is 4.90 Å². The lowest BCUT2D eigenvalue weighted by Crippen LogP contribution is -2.09. The summed E-state index contributed by atoms with van der Waals surface area (Å²) in [5, 5.41) is 0. The van der Waals surface area contributed by atoms with Gasteiger partial charge >= 0.3 is 5.97 Å². The molecule has 0 fully saturated rings. The highest BCUT2D eigenvalue weighted by Gasteiger charge is 2.08. The number of carbonyl (C=O) groups excluding carboxylic acids is 1. The molecule has 0 bridgehead atoms. The van der Waals surface area contributed by atoms with Crippen molar-refractivity contribution in [1.29, 1.82) is 0 Å². The van der Waals surface area contributed by atoms with Gasteiger partial charge in [0.25, 0.3) is 0 Å². The number of hydrogen-bond acceptors (Lipinski definition) is 3. The Bertz CT molecular complexity index is 822. The Balaban J connectivity index is 1.60. The van der Waals surface area contributed by atoms with Crippen LogP contribution in [0.15, 0.2) is 78.9 Å². The van der Waals surface area contributed by atoms with E-state index in [0.29, 0.717) is 5.56 Å². The predicted octanol–water partition coefficient (Wildman–Crippen LogP) is 4.78. The summed E-state index contributed by atoms with van der Waals surface area (Å²) >= 11 is 0. The molecule has 3 rings (SSSR count). The molecule has 25 heavy (non-hydrogen) atoms. The quantitative estimate of drug-likeness (QED) is 0.630. The van der Waals surface area contributed by atoms with Crippen LogP contribution in [0.5, 0.6) is 0 Å². The lowest BCUT2D eigenvalue weighted by Gasteiger charge is -2.12. The van der Waals surface area contributed by atoms with Crippen molar-refractivity contribution in [3.63, 3.8) is 0 Å². The van der Waals surface area contributed by atoms with Gasteiger partial charge < -0.3 is 9.64 Å². The predicted molar refractivity (Wildman–Crippen MR) is 102 cm³/mol. The molecule has 0 aliphatic heterocycles. The molecule has 126 valence electrons. The van der Waals surface area contributed by atoms with E-state index in [4.69, 9.17) is 4.74 Å². The molecule has 0 N–H and O–H groups in total. The number of ether oxygens (including phenoxy) is 1. The molecule has 3 aromatic rings. The number of esters is 1. The molecule has 0 amide bonds. The van der Waals surface area contributed by atoms with E-state index in [-0.39, 0.29) is 12.6 Å². The fourth-order valence-electron chi connectivity index (χ4n) is 2.55. The maximum absolute atomic E-state index is 12.2. The number of rotatable bonds is 5. The maximum atomic E-state index is 12.2. The second-order valence-corrected chi connectivity index (χ2v) is 6.08. The number of hydrogen-bond donors (Lipinski definition) is 0. The monoisotopic (exact) mass is 331 g/mol. The van der Waals surface area contributed by atoms with Gasteiger partial charge in [0, 0.05) is 19.8 Å². The molecular formula is C22H21NO2. The first kappa shape index (κ1) is 16.8. The third-order valence-electron chi connectivity index (χ3n) is 4.05. The zero-order valence-electron chi connectivity index (χ0n) is 14.5. The Hall–Kier alpha value is -3.07. The summed E-state index contributed by atoms with van der Waals surface area (Å²) in [4.78, 5) is 14.1. The lowest BCUT2D eigenvalue weighted by atomic mass is 10.0. The smallest absolute Gasteiger partial charge is 0.338 e. The molecule has 0 spiro atoms. The van der Waals surface area contributed by atoms with E-state index >= 15 is 0 Å². The Morgan fingerprint density at radius 3 is 2.00 bits per heavy atom. The standard InChI is InChI=1S/C22H21NO2/c1-23(2)21-14-12-20(13-15-21)22(24)25-16-17-8-10-19(11-9-17)18-6-4-3-5-7-18/h3-15H,16H2,1-2H3. The van der Waals surface area contributed by atoms with Gasteiger partial charge in [0.2, 0.25) is 0 Å². The maximum Gasteiger partial charge on any atom is 0.338 e. The van der Waals surface area contributed by atoms with Crippen molar-refractivity contribution in [2.45, 2.75) is 6.61 Å². The normalized spacial score (nSPS) is 10.3. The van der Waals surface area contributed by atoms with Gasteiger partial charge in [-0.1, -0.05) is 54.6 Å². The highest BCUT2D eigenvalue weighted by Crippen LogP contribution is 2.20. The third-order valence-corrected chi connectivity index (χ3v) is 4.05. The summed E-state index contributed by atoms with van der Waals surface area (Å²) in [7, 11) is 3.93. The van der Waals surface area contributed by atoms with E-state index in [0.717, 1.165) is 16.8 Å². The molecule has 0 heterocycles. The third kappa shape index (κ3) is 4.27. The van der Waals surface area contributed by atoms with Crippen LogP contribution in [0, 0.1) is 0 Å². The Morgan fingerprint density at radius 1 is 0.800 bits per heavy atom. The molecule has 0 unspecified atom stereocenters. The molecule has 0 atom stereocenters. The van der Waals surface area contributed by atoms with E-state index < -0.39 is 0 Å². The fourth-order valence-corrected chi connectivity index (χ4v) is 2.55. The zero-order valence-corrected chi connectivity index (χ0v) is 14.5. The van der Waals surface area contributed by atoms with Crippen molar-refractivity contribution in [3.05, 3.63) is 90.0 Å². The van der Waals surface area contributed by atoms with Crippen molar-refractivity contribution in [2.24, 2.45) is 0 Å². The van der Waals surface area contributed by atoms with Gasteiger partial charge in [0.15, 0.2) is 0 Å². The molecule has 0 saturated carbocycles. The van der Waals surface area contributed by atoms with Gasteiger partial charge in [0.1, 0.15) is 6.61 Å². The molecule has 0 aliphatic carbocycles. The lowest BCUT2D eigenvalue weighted by molar-refractivity contribution is 0.0473. The zero-order chi connectivity index (χ0) is 17.6. The minimum absolute atomic E-state index is 0.267. The Kier molecular flexibility index (Phi) is 5.14. The van der Waals surface area contributed by atoms with Crippen LogP contribution in [0.3, 0.4) is 0 Å². The largest absolute Gasteiger partial charge is 0.457 e. The molecule has 3 aromatic carbocycles. The molecule has 0 aromatic heterocycles. The minimum atomic E-state index is -0.308. The average molecular weight is 331 g/mol. The summed E-state index contributed by atoms with van der Waals surface area (Å²) in [6.45, 7) is 0.267. The fraction of sp³-hybridized carbons (Fsp3) is 0.136. The van der Waals surface area contributed by atoms with Gasteiger partial charge in [-0.05, 0) is 41.0 Å². The van der Waals surface area contributed by atoms with E-state index in [1.807, 2.05) is 73.6 Å². The molecule has 0 radical (unpaired) electrons. The molecule has 0 aliphatic rings. The van der Waals surface area contributed by atoms with Crippen LogP contribution in [-0.2, 0) is 11.3 Å². The van der Waals surface area contributed by atoms with Gasteiger partial charge in [-0.25, -0.2) is 4.79 Å². The molecule has 0 saturated heterocycles. The summed E-state index contributed by atoms with van der Waals surface area (Å²) in [6, 6.07) is 25.7. The Labute approximate surface area is 148 Å². The van der Waals surface area contributed by atoms with Crippen molar-refractivity contribution >= 4 is 11.7 Å². The number of nitrogens with zero attached hydrogens (tertiary/aromatic N) is 1. The number of carbonyl (C=O) groups is 1. The van der Waals surface area contributed by atoms with Gasteiger partial charge in [0.05, 0.1) is 5.56 Å². The summed E-state index contributed by atoms with van der Waals surface area (Å²) in [5.74, 6) is -0.308. The van der Waals surface area contributed by atoms with Gasteiger partial charge in [-0.3, -0.25) is 0 Å². The molecular weight excluding hydrogens is 310 g/mol. The van der Waals surface area contributed by atoms with Gasteiger partial charge in [-0.2, -0.15) is 0 Å². The van der Waals surface area contributed by atoms with Gasteiger partial charge in [-0.15, -0.1) is 0 Å². The second kappa shape index (κ2) is 7.67. The highest BCUT2D eigenvalue weighted by atomic mass is 16.5. The first-order chi connectivity index (χ1) is 12.1. The van der Waals surface area contributed by atoms with Crippen LogP contribution in [0.25, 0.3) is 11.1 Å². The topological polar surface area (TPSA) is 29.5 Å².